The summed E-state index contributed by atoms with van der Waals surface area (Å²) >= 11 is 0. The molecule has 1 saturated heterocycles. The highest BCUT2D eigenvalue weighted by Gasteiger charge is 2.45. The summed E-state index contributed by atoms with van der Waals surface area (Å²) in [6, 6.07) is 10.7. The predicted molar refractivity (Wildman–Crippen MR) is 181 cm³/mol. The molecule has 0 aliphatic carbocycles. The van der Waals surface area contributed by atoms with Gasteiger partial charge in [0.05, 0.1) is 76.3 Å². The van der Waals surface area contributed by atoms with E-state index in [1.165, 1.54) is 6.07 Å². The van der Waals surface area contributed by atoms with Crippen LogP contribution in [0.15, 0.2) is 42.5 Å². The molecule has 0 spiro atoms. The molecule has 0 saturated carbocycles. The summed E-state index contributed by atoms with van der Waals surface area (Å²) in [5, 5.41) is 4.90. The first kappa shape index (κ1) is 38.4. The number of imide groups is 2. The first-order valence-electron chi connectivity index (χ1n) is 16.9. The average molecular weight is 699 g/mol. The van der Waals surface area contributed by atoms with Gasteiger partial charge < -0.3 is 39.5 Å². The fraction of sp³-hybridized carbons (Fsp3) is 0.514. The predicted octanol–water partition coefficient (Wildman–Crippen LogP) is 2.33. The summed E-state index contributed by atoms with van der Waals surface area (Å²) < 4.78 is 33.1. The van der Waals surface area contributed by atoms with Crippen molar-refractivity contribution in [2.75, 3.05) is 83.7 Å². The van der Waals surface area contributed by atoms with Gasteiger partial charge in [0, 0.05) is 25.1 Å². The number of nitrogens with zero attached hydrogens (tertiary/aromatic N) is 1. The number of nitrogen functional groups attached to an aromatic ring is 1. The number of nitrogens with one attached hydrogen (secondary N) is 2. The maximum absolute atomic E-state index is 13.2. The summed E-state index contributed by atoms with van der Waals surface area (Å²) in [6.07, 6.45) is 2.47. The maximum Gasteiger partial charge on any atom is 0.264 e. The van der Waals surface area contributed by atoms with Crippen molar-refractivity contribution in [3.63, 3.8) is 0 Å². The molecule has 0 bridgehead atoms. The molecule has 272 valence electrons. The third-order valence-electron chi connectivity index (χ3n) is 7.80. The van der Waals surface area contributed by atoms with Crippen molar-refractivity contribution >= 4 is 40.9 Å². The van der Waals surface area contributed by atoms with Gasteiger partial charge in [-0.3, -0.25) is 34.2 Å². The molecule has 50 heavy (non-hydrogen) atoms. The molecule has 5 amide bonds. The van der Waals surface area contributed by atoms with E-state index >= 15 is 0 Å². The molecule has 2 aliphatic rings. The Labute approximate surface area is 291 Å². The number of benzene rings is 2. The quantitative estimate of drug-likeness (QED) is 0.0824. The average Bonchev–Trinajstić information content (AvgIpc) is 3.35. The van der Waals surface area contributed by atoms with Crippen molar-refractivity contribution in [1.29, 1.82) is 0 Å². The lowest BCUT2D eigenvalue weighted by atomic mass is 10.0. The van der Waals surface area contributed by atoms with Crippen molar-refractivity contribution in [2.24, 2.45) is 0 Å². The highest BCUT2D eigenvalue weighted by Crippen LogP contribution is 2.32. The molecule has 2 aliphatic heterocycles. The zero-order chi connectivity index (χ0) is 35.6. The second kappa shape index (κ2) is 21.0. The number of hydrogen-bond acceptors (Lipinski definition) is 12. The number of piperidine rings is 1. The van der Waals surface area contributed by atoms with Crippen molar-refractivity contribution in [1.82, 2.24) is 10.2 Å². The van der Waals surface area contributed by atoms with Crippen LogP contribution in [0.5, 0.6) is 5.75 Å². The highest BCUT2D eigenvalue weighted by atomic mass is 16.6. The van der Waals surface area contributed by atoms with Crippen LogP contribution in [0.4, 0.5) is 11.4 Å². The van der Waals surface area contributed by atoms with Crippen LogP contribution in [-0.2, 0) is 38.1 Å². The smallest absolute Gasteiger partial charge is 0.264 e. The largest absolute Gasteiger partial charge is 0.491 e. The second-order valence-corrected chi connectivity index (χ2v) is 11.5. The topological polar surface area (TPSA) is 194 Å². The van der Waals surface area contributed by atoms with E-state index in [0.29, 0.717) is 84.8 Å². The minimum Gasteiger partial charge on any atom is -0.491 e. The van der Waals surface area contributed by atoms with Gasteiger partial charge in [-0.2, -0.15) is 0 Å². The third-order valence-corrected chi connectivity index (χ3v) is 7.80. The molecule has 4 N–H and O–H groups in total. The summed E-state index contributed by atoms with van der Waals surface area (Å²) in [5.74, 6) is -1.95. The van der Waals surface area contributed by atoms with Gasteiger partial charge in [-0.1, -0.05) is 12.5 Å². The summed E-state index contributed by atoms with van der Waals surface area (Å²) in [5.41, 5.74) is 6.72. The number of carbonyl (C=O) groups is 5. The number of rotatable bonds is 24. The Balaban J connectivity index is 0.932. The van der Waals surface area contributed by atoms with Crippen LogP contribution in [0.3, 0.4) is 0 Å². The summed E-state index contributed by atoms with van der Waals surface area (Å²) in [6.45, 7) is 5.15. The molecule has 0 radical (unpaired) electrons. The third kappa shape index (κ3) is 12.2. The first-order valence-corrected chi connectivity index (χ1v) is 16.9. The van der Waals surface area contributed by atoms with E-state index in [-0.39, 0.29) is 42.0 Å². The van der Waals surface area contributed by atoms with E-state index in [4.69, 9.17) is 34.2 Å². The summed E-state index contributed by atoms with van der Waals surface area (Å²) in [7, 11) is 0. The zero-order valence-corrected chi connectivity index (χ0v) is 28.2. The molecule has 0 aromatic heterocycles. The fourth-order valence-corrected chi connectivity index (χ4v) is 5.26. The lowest BCUT2D eigenvalue weighted by Gasteiger charge is -2.27. The molecule has 15 heteroatoms. The fourth-order valence-electron chi connectivity index (χ4n) is 5.26. The molecule has 4 rings (SSSR count). The maximum atomic E-state index is 13.2. The number of unbranched alkanes of at least 4 members (excludes halogenated alkanes) is 2. The number of anilines is 2. The molecule has 1 unspecified atom stereocenters. The normalized spacial score (nSPS) is 15.7. The number of fused-ring (bicyclic) bond motifs is 1. The molecule has 2 aromatic rings. The van der Waals surface area contributed by atoms with E-state index in [0.717, 1.165) is 23.5 Å². The van der Waals surface area contributed by atoms with E-state index in [1.54, 1.807) is 24.3 Å². The number of ether oxygens (including phenoxy) is 6. The lowest BCUT2D eigenvalue weighted by molar-refractivity contribution is -0.136. The van der Waals surface area contributed by atoms with Gasteiger partial charge in [-0.05, 0) is 55.7 Å². The van der Waals surface area contributed by atoms with Gasteiger partial charge in [-0.15, -0.1) is 0 Å². The van der Waals surface area contributed by atoms with Crippen LogP contribution >= 0.6 is 0 Å². The minimum absolute atomic E-state index is 0.0306. The number of carbonyl (C=O) groups excluding carboxylic acids is 5. The Morgan fingerprint density at radius 2 is 1.34 bits per heavy atom. The Bertz CT molecular complexity index is 1440. The second-order valence-electron chi connectivity index (χ2n) is 11.5. The molecule has 1 atom stereocenters. The van der Waals surface area contributed by atoms with Gasteiger partial charge >= 0.3 is 0 Å². The Morgan fingerprint density at radius 1 is 0.740 bits per heavy atom. The van der Waals surface area contributed by atoms with E-state index < -0.39 is 29.7 Å². The van der Waals surface area contributed by atoms with Crippen molar-refractivity contribution < 1.29 is 52.4 Å². The molecule has 1 fully saturated rings. The molecular weight excluding hydrogens is 652 g/mol. The standard InChI is InChI=1S/C35H46N4O11/c36-25-8-10-26(11-9-25)50-24-23-49-22-21-48-20-19-47-18-17-46-16-15-45-14-3-1-2-7-30(40)37-28-6-4-5-27-32(28)35(44)39(34(27)43)29-12-13-31(41)38-33(29)42/h4-6,8-11,29H,1-3,7,12-24,36H2,(H,37,40)(H,38,41,42). The highest BCUT2D eigenvalue weighted by molar-refractivity contribution is 6.26. The molecular formula is C35H46N4O11. The van der Waals surface area contributed by atoms with Gasteiger partial charge in [-0.25, -0.2) is 0 Å². The summed E-state index contributed by atoms with van der Waals surface area (Å²) in [4.78, 5) is 63.4. The van der Waals surface area contributed by atoms with Gasteiger partial charge in [0.1, 0.15) is 18.4 Å². The van der Waals surface area contributed by atoms with Crippen molar-refractivity contribution in [2.45, 2.75) is 44.6 Å². The van der Waals surface area contributed by atoms with Crippen LogP contribution in [0, 0.1) is 0 Å². The first-order chi connectivity index (χ1) is 24.3. The Morgan fingerprint density at radius 3 is 1.96 bits per heavy atom. The SMILES string of the molecule is Nc1ccc(OCCOCCOCCOCCOCCOCCCCCC(=O)Nc2cccc3c2C(=O)N(C2CCC(=O)NC2=O)C3=O)cc1. The van der Waals surface area contributed by atoms with E-state index in [1.807, 2.05) is 12.1 Å². The molecule has 2 heterocycles. The van der Waals surface area contributed by atoms with Crippen LogP contribution in [0.1, 0.15) is 59.2 Å². The number of amides is 5. The Hall–Kier alpha value is -4.41. The number of hydrogen-bond donors (Lipinski definition) is 3. The van der Waals surface area contributed by atoms with Gasteiger partial charge in [0.2, 0.25) is 17.7 Å². The van der Waals surface area contributed by atoms with Crippen LogP contribution in [0.25, 0.3) is 0 Å². The molecule has 2 aromatic carbocycles. The molecule has 15 nitrogen and oxygen atoms in total. The van der Waals surface area contributed by atoms with E-state index in [2.05, 4.69) is 10.6 Å². The van der Waals surface area contributed by atoms with Crippen LogP contribution < -0.4 is 21.1 Å². The lowest BCUT2D eigenvalue weighted by Crippen LogP contribution is -2.54. The van der Waals surface area contributed by atoms with Gasteiger partial charge in [0.25, 0.3) is 11.8 Å². The van der Waals surface area contributed by atoms with E-state index in [9.17, 15) is 24.0 Å². The minimum atomic E-state index is -1.07. The van der Waals surface area contributed by atoms with Crippen LogP contribution in [0.2, 0.25) is 0 Å². The van der Waals surface area contributed by atoms with Crippen LogP contribution in [-0.4, -0.2) is 113 Å². The van der Waals surface area contributed by atoms with Gasteiger partial charge in [0.15, 0.2) is 0 Å². The zero-order valence-electron chi connectivity index (χ0n) is 28.2. The van der Waals surface area contributed by atoms with Crippen molar-refractivity contribution in [3.8, 4) is 5.75 Å². The Kier molecular flexibility index (Phi) is 16.1. The number of nitrogens with two attached hydrogens (primary N) is 1. The monoisotopic (exact) mass is 698 g/mol. The van der Waals surface area contributed by atoms with Crippen molar-refractivity contribution in [3.05, 3.63) is 53.6 Å².